The number of hydrogen-bond donors (Lipinski definition) is 2. The summed E-state index contributed by atoms with van der Waals surface area (Å²) in [5, 5.41) is 11.8. The van der Waals surface area contributed by atoms with E-state index in [4.69, 9.17) is 5.11 Å². The molecule has 2 aromatic carbocycles. The first-order valence-electron chi connectivity index (χ1n) is 8.90. The minimum absolute atomic E-state index is 0.0362. The van der Waals surface area contributed by atoms with Crippen molar-refractivity contribution in [1.29, 1.82) is 0 Å². The van der Waals surface area contributed by atoms with Crippen LogP contribution in [-0.2, 0) is 4.79 Å². The van der Waals surface area contributed by atoms with Crippen LogP contribution < -0.4 is 5.32 Å². The van der Waals surface area contributed by atoms with Gasteiger partial charge in [0.2, 0.25) is 5.91 Å². The van der Waals surface area contributed by atoms with Crippen molar-refractivity contribution in [2.75, 3.05) is 5.32 Å². The first-order chi connectivity index (χ1) is 12.5. The molecule has 4 nitrogen and oxygen atoms in total. The fourth-order valence-electron chi connectivity index (χ4n) is 3.61. The van der Waals surface area contributed by atoms with Crippen LogP contribution in [0.5, 0.6) is 0 Å². The predicted molar refractivity (Wildman–Crippen MR) is 97.7 cm³/mol. The van der Waals surface area contributed by atoms with Gasteiger partial charge in [0.15, 0.2) is 0 Å². The zero-order chi connectivity index (χ0) is 18.5. The summed E-state index contributed by atoms with van der Waals surface area (Å²) in [7, 11) is 0. The molecule has 0 bridgehead atoms. The van der Waals surface area contributed by atoms with Crippen molar-refractivity contribution in [2.45, 2.75) is 38.0 Å². The number of aromatic carboxylic acids is 1. The third-order valence-electron chi connectivity index (χ3n) is 5.08. The Morgan fingerprint density at radius 3 is 2.15 bits per heavy atom. The molecule has 1 amide bonds. The molecule has 0 radical (unpaired) electrons. The van der Waals surface area contributed by atoms with Gasteiger partial charge >= 0.3 is 5.97 Å². The summed E-state index contributed by atoms with van der Waals surface area (Å²) in [6.07, 6.45) is 4.42. The van der Waals surface area contributed by atoms with Crippen LogP contribution in [0.3, 0.4) is 0 Å². The molecular weight excluding hydrogens is 333 g/mol. The third-order valence-corrected chi connectivity index (χ3v) is 5.08. The smallest absolute Gasteiger partial charge is 0.335 e. The molecule has 1 fully saturated rings. The largest absolute Gasteiger partial charge is 0.478 e. The molecule has 0 aliphatic heterocycles. The molecule has 0 aromatic heterocycles. The van der Waals surface area contributed by atoms with E-state index in [2.05, 4.69) is 5.32 Å². The van der Waals surface area contributed by atoms with Crippen LogP contribution in [0.2, 0.25) is 0 Å². The maximum atomic E-state index is 12.9. The van der Waals surface area contributed by atoms with E-state index >= 15 is 0 Å². The van der Waals surface area contributed by atoms with Crippen molar-refractivity contribution in [3.63, 3.8) is 0 Å². The molecule has 5 heteroatoms. The molecule has 0 heterocycles. The zero-order valence-electron chi connectivity index (χ0n) is 14.5. The monoisotopic (exact) mass is 355 g/mol. The van der Waals surface area contributed by atoms with E-state index in [1.165, 1.54) is 17.7 Å². The first kappa shape index (κ1) is 18.1. The molecule has 26 heavy (non-hydrogen) atoms. The minimum atomic E-state index is -0.910. The summed E-state index contributed by atoms with van der Waals surface area (Å²) >= 11 is 0. The number of amides is 1. The fourth-order valence-corrected chi connectivity index (χ4v) is 3.61. The summed E-state index contributed by atoms with van der Waals surface area (Å²) in [4.78, 5) is 23.1. The topological polar surface area (TPSA) is 66.4 Å². The summed E-state index contributed by atoms with van der Waals surface area (Å²) < 4.78 is 12.9. The van der Waals surface area contributed by atoms with E-state index in [0.29, 0.717) is 29.5 Å². The molecule has 1 aliphatic rings. The molecule has 0 saturated heterocycles. The lowest BCUT2D eigenvalue weighted by molar-refractivity contribution is -0.117. The van der Waals surface area contributed by atoms with Gasteiger partial charge in [0.05, 0.1) is 5.56 Å². The molecule has 2 aromatic rings. The van der Waals surface area contributed by atoms with Gasteiger partial charge in [0, 0.05) is 12.1 Å². The van der Waals surface area contributed by atoms with Crippen LogP contribution in [0.4, 0.5) is 10.1 Å². The average Bonchev–Trinajstić information content (AvgIpc) is 2.64. The fraction of sp³-hybridized carbons (Fsp3) is 0.333. The number of carboxylic acid groups (broad SMARTS) is 1. The van der Waals surface area contributed by atoms with Crippen LogP contribution in [-0.4, -0.2) is 17.0 Å². The average molecular weight is 355 g/mol. The summed E-state index contributed by atoms with van der Waals surface area (Å²) in [5.74, 6) is -0.491. The van der Waals surface area contributed by atoms with E-state index in [-0.39, 0.29) is 11.7 Å². The van der Waals surface area contributed by atoms with Crippen molar-refractivity contribution >= 4 is 17.6 Å². The zero-order valence-corrected chi connectivity index (χ0v) is 14.5. The van der Waals surface area contributed by atoms with Crippen molar-refractivity contribution in [3.8, 4) is 0 Å². The molecular formula is C21H22FNO3. The SMILES string of the molecule is O=C(CC1CCC(c2ccc(C(=O)O)cc2)CC1)Nc1ccc(F)cc1. The molecule has 1 saturated carbocycles. The Hall–Kier alpha value is -2.69. The van der Waals surface area contributed by atoms with Crippen molar-refractivity contribution in [2.24, 2.45) is 5.92 Å². The number of rotatable bonds is 5. The molecule has 0 atom stereocenters. The second-order valence-electron chi connectivity index (χ2n) is 6.90. The van der Waals surface area contributed by atoms with Crippen LogP contribution in [0.1, 0.15) is 53.9 Å². The van der Waals surface area contributed by atoms with Crippen molar-refractivity contribution < 1.29 is 19.1 Å². The van der Waals surface area contributed by atoms with Crippen LogP contribution in [0, 0.1) is 11.7 Å². The lowest BCUT2D eigenvalue weighted by Gasteiger charge is -2.28. The molecule has 2 N–H and O–H groups in total. The third kappa shape index (κ3) is 4.69. The number of carboxylic acids is 1. The molecule has 136 valence electrons. The normalized spacial score (nSPS) is 19.7. The number of nitrogens with one attached hydrogen (secondary N) is 1. The number of halogens is 1. The maximum absolute atomic E-state index is 12.9. The van der Waals surface area contributed by atoms with Gasteiger partial charge in [-0.3, -0.25) is 4.79 Å². The van der Waals surface area contributed by atoms with E-state index in [1.807, 2.05) is 12.1 Å². The second kappa shape index (κ2) is 8.13. The molecule has 0 unspecified atom stereocenters. The number of carbonyl (C=O) groups is 2. The lowest BCUT2D eigenvalue weighted by Crippen LogP contribution is -2.20. The van der Waals surface area contributed by atoms with E-state index in [0.717, 1.165) is 25.7 Å². The Kier molecular flexibility index (Phi) is 5.66. The molecule has 0 spiro atoms. The van der Waals surface area contributed by atoms with Gasteiger partial charge < -0.3 is 10.4 Å². The summed E-state index contributed by atoms with van der Waals surface area (Å²) in [5.41, 5.74) is 2.09. The van der Waals surface area contributed by atoms with E-state index in [9.17, 15) is 14.0 Å². The maximum Gasteiger partial charge on any atom is 0.335 e. The highest BCUT2D eigenvalue weighted by Gasteiger charge is 2.24. The first-order valence-corrected chi connectivity index (χ1v) is 8.90. The lowest BCUT2D eigenvalue weighted by atomic mass is 9.77. The number of carbonyl (C=O) groups excluding carboxylic acids is 1. The highest BCUT2D eigenvalue weighted by atomic mass is 19.1. The number of anilines is 1. The number of benzene rings is 2. The van der Waals surface area contributed by atoms with Crippen LogP contribution in [0.25, 0.3) is 0 Å². The summed E-state index contributed by atoms with van der Waals surface area (Å²) in [6, 6.07) is 12.9. The van der Waals surface area contributed by atoms with Gasteiger partial charge in [-0.2, -0.15) is 0 Å². The summed E-state index contributed by atoms with van der Waals surface area (Å²) in [6.45, 7) is 0. The van der Waals surface area contributed by atoms with Crippen LogP contribution >= 0.6 is 0 Å². The highest BCUT2D eigenvalue weighted by Crippen LogP contribution is 2.37. The quantitative estimate of drug-likeness (QED) is 0.807. The van der Waals surface area contributed by atoms with Gasteiger partial charge in [-0.05, 0) is 79.5 Å². The Bertz CT molecular complexity index is 763. The van der Waals surface area contributed by atoms with Crippen LogP contribution in [0.15, 0.2) is 48.5 Å². The number of hydrogen-bond acceptors (Lipinski definition) is 2. The van der Waals surface area contributed by atoms with Gasteiger partial charge in [0.25, 0.3) is 0 Å². The standard InChI is InChI=1S/C21H22FNO3/c22-18-9-11-19(12-10-18)23-20(24)13-14-1-3-15(4-2-14)16-5-7-17(8-6-16)21(25)26/h5-12,14-15H,1-4,13H2,(H,23,24)(H,25,26). The van der Waals surface area contributed by atoms with Crippen molar-refractivity contribution in [1.82, 2.24) is 0 Å². The van der Waals surface area contributed by atoms with Crippen molar-refractivity contribution in [3.05, 3.63) is 65.5 Å². The van der Waals surface area contributed by atoms with Gasteiger partial charge in [0.1, 0.15) is 5.82 Å². The molecule has 1 aliphatic carbocycles. The van der Waals surface area contributed by atoms with Gasteiger partial charge in [-0.25, -0.2) is 9.18 Å². The molecule has 3 rings (SSSR count). The van der Waals surface area contributed by atoms with Gasteiger partial charge in [-0.1, -0.05) is 12.1 Å². The Morgan fingerprint density at radius 1 is 0.962 bits per heavy atom. The highest BCUT2D eigenvalue weighted by molar-refractivity contribution is 5.90. The van der Waals surface area contributed by atoms with E-state index in [1.54, 1.807) is 24.3 Å². The minimum Gasteiger partial charge on any atom is -0.478 e. The van der Waals surface area contributed by atoms with Gasteiger partial charge in [-0.15, -0.1) is 0 Å². The Balaban J connectivity index is 1.48. The second-order valence-corrected chi connectivity index (χ2v) is 6.90. The predicted octanol–water partition coefficient (Wildman–Crippen LogP) is 4.83. The van der Waals surface area contributed by atoms with E-state index < -0.39 is 5.97 Å². The Labute approximate surface area is 152 Å². The Morgan fingerprint density at radius 2 is 1.58 bits per heavy atom.